The number of sulfone groups is 1. The van der Waals surface area contributed by atoms with Crippen LogP contribution in [0.15, 0.2) is 0 Å². The van der Waals surface area contributed by atoms with Gasteiger partial charge in [0.1, 0.15) is 9.84 Å². The highest BCUT2D eigenvalue weighted by atomic mass is 32.2. The molecule has 1 aliphatic heterocycles. The average molecular weight is 273 g/mol. The third kappa shape index (κ3) is 3.32. The highest BCUT2D eigenvalue weighted by Gasteiger charge is 2.37. The molecule has 3 unspecified atom stereocenters. The monoisotopic (exact) mass is 273 g/mol. The zero-order valence-corrected chi connectivity index (χ0v) is 11.8. The van der Waals surface area contributed by atoms with Gasteiger partial charge in [0.25, 0.3) is 0 Å². The molecule has 4 nitrogen and oxygen atoms in total. The van der Waals surface area contributed by atoms with Gasteiger partial charge in [0.05, 0.1) is 11.8 Å². The number of Topliss-reactive ketones (excluding diaryl/α,β-unsaturated/α-hetero) is 1. The van der Waals surface area contributed by atoms with Crippen molar-refractivity contribution in [3.63, 3.8) is 0 Å². The van der Waals surface area contributed by atoms with E-state index in [1.54, 1.807) is 6.92 Å². The van der Waals surface area contributed by atoms with Crippen molar-refractivity contribution < 1.29 is 13.2 Å². The topological polar surface area (TPSA) is 63.2 Å². The van der Waals surface area contributed by atoms with Crippen LogP contribution in [0.1, 0.15) is 45.4 Å². The number of ketones is 1. The molecule has 0 aromatic rings. The van der Waals surface area contributed by atoms with Crippen molar-refractivity contribution in [2.24, 2.45) is 5.92 Å². The zero-order valence-electron chi connectivity index (χ0n) is 11.0. The predicted molar refractivity (Wildman–Crippen MR) is 71.2 cm³/mol. The molecule has 18 heavy (non-hydrogen) atoms. The van der Waals surface area contributed by atoms with E-state index in [1.807, 2.05) is 0 Å². The van der Waals surface area contributed by atoms with E-state index in [9.17, 15) is 13.2 Å². The summed E-state index contributed by atoms with van der Waals surface area (Å²) in [5, 5.41) is 3.40. The third-order valence-electron chi connectivity index (χ3n) is 4.35. The number of hydrogen-bond acceptors (Lipinski definition) is 4. The first-order valence-corrected chi connectivity index (χ1v) is 8.83. The van der Waals surface area contributed by atoms with Crippen LogP contribution < -0.4 is 5.32 Å². The maximum absolute atomic E-state index is 12.0. The fourth-order valence-electron chi connectivity index (χ4n) is 3.14. The van der Waals surface area contributed by atoms with E-state index in [0.717, 1.165) is 6.42 Å². The molecule has 1 aliphatic carbocycles. The Bertz CT molecular complexity index is 390. The summed E-state index contributed by atoms with van der Waals surface area (Å²) in [5.74, 6) is 0.858. The highest BCUT2D eigenvalue weighted by Crippen LogP contribution is 2.33. The van der Waals surface area contributed by atoms with Crippen molar-refractivity contribution in [1.29, 1.82) is 0 Å². The van der Waals surface area contributed by atoms with E-state index in [2.05, 4.69) is 5.32 Å². The molecule has 1 saturated carbocycles. The fraction of sp³-hybridized carbons (Fsp3) is 0.923. The van der Waals surface area contributed by atoms with Gasteiger partial charge >= 0.3 is 0 Å². The summed E-state index contributed by atoms with van der Waals surface area (Å²) in [4.78, 5) is 12.0. The minimum atomic E-state index is -3.02. The molecule has 0 spiro atoms. The van der Waals surface area contributed by atoms with Crippen molar-refractivity contribution in [3.05, 3.63) is 0 Å². The van der Waals surface area contributed by atoms with Crippen molar-refractivity contribution in [1.82, 2.24) is 5.32 Å². The van der Waals surface area contributed by atoms with E-state index in [4.69, 9.17) is 0 Å². The van der Waals surface area contributed by atoms with Gasteiger partial charge in [0, 0.05) is 18.2 Å². The summed E-state index contributed by atoms with van der Waals surface area (Å²) in [7, 11) is -3.02. The lowest BCUT2D eigenvalue weighted by atomic mass is 9.85. The summed E-state index contributed by atoms with van der Waals surface area (Å²) < 4.78 is 22.8. The predicted octanol–water partition coefficient (Wildman–Crippen LogP) is 1.30. The molecule has 0 aromatic heterocycles. The number of carbonyl (C=O) groups excluding carboxylic acids is 1. The fourth-order valence-corrected chi connectivity index (χ4v) is 3.94. The Balaban J connectivity index is 1.84. The maximum Gasteiger partial charge on any atom is 0.150 e. The largest absolute Gasteiger partial charge is 0.304 e. The molecular formula is C13H23NO3S. The summed E-state index contributed by atoms with van der Waals surface area (Å²) in [5.41, 5.74) is 0. The Morgan fingerprint density at radius 2 is 2.00 bits per heavy atom. The van der Waals surface area contributed by atoms with E-state index >= 15 is 0 Å². The first-order valence-electron chi connectivity index (χ1n) is 7.01. The van der Waals surface area contributed by atoms with Gasteiger partial charge in [-0.15, -0.1) is 0 Å². The van der Waals surface area contributed by atoms with Crippen LogP contribution in [0.3, 0.4) is 0 Å². The number of nitrogens with one attached hydrogen (secondary N) is 1. The Hall–Kier alpha value is -0.420. The summed E-state index contributed by atoms with van der Waals surface area (Å²) >= 11 is 0. The van der Waals surface area contributed by atoms with Gasteiger partial charge in [-0.05, 0) is 25.2 Å². The van der Waals surface area contributed by atoms with Crippen LogP contribution in [0.2, 0.25) is 0 Å². The van der Waals surface area contributed by atoms with Gasteiger partial charge in [0.15, 0.2) is 5.78 Å². The van der Waals surface area contributed by atoms with Gasteiger partial charge in [-0.1, -0.05) is 19.8 Å². The normalized spacial score (nSPS) is 32.2. The first-order chi connectivity index (χ1) is 8.52. The molecule has 0 bridgehead atoms. The Labute approximate surface area is 109 Å². The van der Waals surface area contributed by atoms with Gasteiger partial charge in [-0.25, -0.2) is 8.42 Å². The molecule has 2 aliphatic rings. The molecule has 2 rings (SSSR count). The average Bonchev–Trinajstić information content (AvgIpc) is 2.80. The Morgan fingerprint density at radius 1 is 1.28 bits per heavy atom. The second-order valence-electron chi connectivity index (χ2n) is 5.56. The molecule has 1 saturated heterocycles. The smallest absolute Gasteiger partial charge is 0.150 e. The second-order valence-corrected chi connectivity index (χ2v) is 8.03. The summed E-state index contributed by atoms with van der Waals surface area (Å²) in [6.45, 7) is 1.63. The van der Waals surface area contributed by atoms with E-state index in [0.29, 0.717) is 12.0 Å². The minimum absolute atomic E-state index is 0.00977. The van der Waals surface area contributed by atoms with Crippen LogP contribution in [0, 0.1) is 5.92 Å². The molecule has 0 radical (unpaired) electrons. The first kappa shape index (κ1) is 14.0. The molecule has 1 heterocycles. The Kier molecular flexibility index (Phi) is 4.43. The lowest BCUT2D eigenvalue weighted by Gasteiger charge is -2.24. The van der Waals surface area contributed by atoms with Crippen molar-refractivity contribution in [2.45, 2.75) is 57.5 Å². The molecular weight excluding hydrogens is 250 g/mol. The molecule has 0 aromatic carbocycles. The van der Waals surface area contributed by atoms with Crippen LogP contribution in [0.25, 0.3) is 0 Å². The number of rotatable bonds is 5. The lowest BCUT2D eigenvalue weighted by Crippen LogP contribution is -2.37. The van der Waals surface area contributed by atoms with E-state index < -0.39 is 9.84 Å². The van der Waals surface area contributed by atoms with Crippen LogP contribution in [-0.4, -0.2) is 37.8 Å². The molecule has 1 N–H and O–H groups in total. The van der Waals surface area contributed by atoms with Gasteiger partial charge in [-0.2, -0.15) is 0 Å². The quantitative estimate of drug-likeness (QED) is 0.820. The molecule has 104 valence electrons. The van der Waals surface area contributed by atoms with Crippen molar-refractivity contribution >= 4 is 15.6 Å². The third-order valence-corrected chi connectivity index (χ3v) is 6.06. The molecule has 2 fully saturated rings. The van der Waals surface area contributed by atoms with Gasteiger partial charge < -0.3 is 5.32 Å². The summed E-state index contributed by atoms with van der Waals surface area (Å²) in [6, 6.07) is 0.403. The molecule has 0 amide bonds. The molecule has 3 atom stereocenters. The van der Waals surface area contributed by atoms with Gasteiger partial charge in [0.2, 0.25) is 0 Å². The number of carbonyl (C=O) groups is 1. The van der Waals surface area contributed by atoms with Crippen LogP contribution in [-0.2, 0) is 14.6 Å². The van der Waals surface area contributed by atoms with Gasteiger partial charge in [-0.3, -0.25) is 4.79 Å². The van der Waals surface area contributed by atoms with E-state index in [1.165, 1.54) is 25.7 Å². The maximum atomic E-state index is 12.0. The standard InChI is InChI=1S/C13H23NO3S/c1-2-18(16,17)8-7-13(15)12-9-10-5-3-4-6-11(10)14-12/h10-12,14H,2-9H2,1H3. The minimum Gasteiger partial charge on any atom is -0.304 e. The zero-order chi connectivity index (χ0) is 13.2. The lowest BCUT2D eigenvalue weighted by molar-refractivity contribution is -0.120. The number of fused-ring (bicyclic) bond motifs is 1. The van der Waals surface area contributed by atoms with E-state index in [-0.39, 0.29) is 29.8 Å². The molecule has 5 heteroatoms. The Morgan fingerprint density at radius 3 is 2.67 bits per heavy atom. The SMILES string of the molecule is CCS(=O)(=O)CCC(=O)C1CC2CCCCC2N1. The van der Waals surface area contributed by atoms with Crippen LogP contribution >= 0.6 is 0 Å². The number of hydrogen-bond donors (Lipinski definition) is 1. The summed E-state index contributed by atoms with van der Waals surface area (Å²) in [6.07, 6.45) is 5.99. The van der Waals surface area contributed by atoms with Crippen molar-refractivity contribution in [3.8, 4) is 0 Å². The van der Waals surface area contributed by atoms with Crippen LogP contribution in [0.4, 0.5) is 0 Å². The van der Waals surface area contributed by atoms with Crippen LogP contribution in [0.5, 0.6) is 0 Å². The second kappa shape index (κ2) is 5.70. The highest BCUT2D eigenvalue weighted by molar-refractivity contribution is 7.91. The van der Waals surface area contributed by atoms with Crippen molar-refractivity contribution in [2.75, 3.05) is 11.5 Å².